The molecule has 184 valence electrons. The third-order valence-electron chi connectivity index (χ3n) is 6.54. The molecule has 0 spiro atoms. The summed E-state index contributed by atoms with van der Waals surface area (Å²) < 4.78 is 39.9. The van der Waals surface area contributed by atoms with Crippen LogP contribution in [-0.2, 0) is 0 Å². The number of anilines is 1. The predicted octanol–water partition coefficient (Wildman–Crippen LogP) is 5.05. The summed E-state index contributed by atoms with van der Waals surface area (Å²) in [6.45, 7) is 2.35. The maximum absolute atomic E-state index is 6.47. The Morgan fingerprint density at radius 3 is 2.03 bits per heavy atom. The molecule has 0 unspecified atom stereocenters. The molecule has 3 aromatic carbocycles. The van der Waals surface area contributed by atoms with Crippen molar-refractivity contribution in [3.05, 3.63) is 59.7 Å². The van der Waals surface area contributed by atoms with Gasteiger partial charge in [-0.05, 0) is 48.0 Å². The highest BCUT2D eigenvalue weighted by Crippen LogP contribution is 2.51. The van der Waals surface area contributed by atoms with Crippen molar-refractivity contribution in [2.24, 2.45) is 5.92 Å². The van der Waals surface area contributed by atoms with E-state index in [-0.39, 0.29) is 24.9 Å². The normalized spacial score (nSPS) is 19.9. The van der Waals surface area contributed by atoms with Gasteiger partial charge in [-0.1, -0.05) is 6.92 Å². The molecular formula is C27H29NO7. The lowest BCUT2D eigenvalue weighted by molar-refractivity contribution is 0.134. The average molecular weight is 480 g/mol. The molecule has 0 saturated heterocycles. The summed E-state index contributed by atoms with van der Waals surface area (Å²) in [4.78, 5) is 0. The van der Waals surface area contributed by atoms with Crippen molar-refractivity contribution < 1.29 is 33.2 Å². The van der Waals surface area contributed by atoms with Crippen LogP contribution >= 0.6 is 0 Å². The van der Waals surface area contributed by atoms with Gasteiger partial charge in [-0.3, -0.25) is 0 Å². The van der Waals surface area contributed by atoms with Gasteiger partial charge in [0.1, 0.15) is 11.5 Å². The zero-order valence-corrected chi connectivity index (χ0v) is 20.4. The number of fused-ring (bicyclic) bond motifs is 2. The summed E-state index contributed by atoms with van der Waals surface area (Å²) in [6.07, 6.45) is -0.319. The molecule has 35 heavy (non-hydrogen) atoms. The Labute approximate surface area is 204 Å². The minimum Gasteiger partial charge on any atom is -0.497 e. The largest absolute Gasteiger partial charge is 0.497 e. The Kier molecular flexibility index (Phi) is 6.11. The summed E-state index contributed by atoms with van der Waals surface area (Å²) in [5.74, 6) is 4.62. The molecule has 0 aromatic heterocycles. The molecule has 3 aromatic rings. The fourth-order valence-electron chi connectivity index (χ4n) is 4.76. The minimum atomic E-state index is -0.319. The molecule has 0 fully saturated rings. The van der Waals surface area contributed by atoms with Gasteiger partial charge >= 0.3 is 0 Å². The van der Waals surface area contributed by atoms with Gasteiger partial charge in [0.05, 0.1) is 28.4 Å². The highest BCUT2D eigenvalue weighted by Gasteiger charge is 2.39. The Morgan fingerprint density at radius 2 is 1.43 bits per heavy atom. The highest BCUT2D eigenvalue weighted by atomic mass is 16.7. The van der Waals surface area contributed by atoms with Gasteiger partial charge in [0.25, 0.3) is 0 Å². The molecule has 3 atom stereocenters. The van der Waals surface area contributed by atoms with E-state index in [2.05, 4.69) is 12.2 Å². The third kappa shape index (κ3) is 4.09. The van der Waals surface area contributed by atoms with E-state index >= 15 is 0 Å². The second-order valence-corrected chi connectivity index (χ2v) is 8.45. The Morgan fingerprint density at radius 1 is 0.771 bits per heavy atom. The second kappa shape index (κ2) is 9.37. The summed E-state index contributed by atoms with van der Waals surface area (Å²) >= 11 is 0. The van der Waals surface area contributed by atoms with E-state index in [9.17, 15) is 0 Å². The van der Waals surface area contributed by atoms with Crippen LogP contribution in [0.3, 0.4) is 0 Å². The molecule has 1 N–H and O–H groups in total. The summed E-state index contributed by atoms with van der Waals surface area (Å²) in [6, 6.07) is 15.7. The van der Waals surface area contributed by atoms with Crippen LogP contribution in [0, 0.1) is 5.92 Å². The van der Waals surface area contributed by atoms with Gasteiger partial charge in [0.2, 0.25) is 12.5 Å². The number of hydrogen-bond donors (Lipinski definition) is 1. The van der Waals surface area contributed by atoms with Crippen molar-refractivity contribution in [3.8, 4) is 40.2 Å². The molecule has 8 heteroatoms. The van der Waals surface area contributed by atoms with Crippen molar-refractivity contribution in [2.75, 3.05) is 40.5 Å². The first-order valence-electron chi connectivity index (χ1n) is 11.4. The molecule has 0 aliphatic carbocycles. The number of nitrogens with one attached hydrogen (secondary N) is 1. The van der Waals surface area contributed by atoms with E-state index in [4.69, 9.17) is 33.2 Å². The number of rotatable bonds is 7. The second-order valence-electron chi connectivity index (χ2n) is 8.45. The molecule has 0 bridgehead atoms. The number of ether oxygens (including phenoxy) is 7. The maximum atomic E-state index is 6.47. The lowest BCUT2D eigenvalue weighted by Crippen LogP contribution is -2.40. The third-order valence-corrected chi connectivity index (χ3v) is 6.54. The van der Waals surface area contributed by atoms with Crippen LogP contribution in [0.1, 0.15) is 24.0 Å². The molecule has 0 radical (unpaired) electrons. The zero-order valence-electron chi connectivity index (χ0n) is 20.4. The smallest absolute Gasteiger partial charge is 0.231 e. The summed E-state index contributed by atoms with van der Waals surface area (Å²) in [5, 5.41) is 3.53. The van der Waals surface area contributed by atoms with Gasteiger partial charge in [0.15, 0.2) is 29.2 Å². The predicted molar refractivity (Wildman–Crippen MR) is 131 cm³/mol. The fourth-order valence-corrected chi connectivity index (χ4v) is 4.76. The summed E-state index contributed by atoms with van der Waals surface area (Å²) in [7, 11) is 6.49. The Hall–Kier alpha value is -3.94. The first kappa shape index (κ1) is 22.8. The lowest BCUT2D eigenvalue weighted by atomic mass is 9.78. The molecular weight excluding hydrogens is 450 g/mol. The zero-order chi connectivity index (χ0) is 24.5. The van der Waals surface area contributed by atoms with Gasteiger partial charge < -0.3 is 38.5 Å². The van der Waals surface area contributed by atoms with E-state index in [0.29, 0.717) is 28.7 Å². The first-order valence-corrected chi connectivity index (χ1v) is 11.4. The van der Waals surface area contributed by atoms with E-state index in [1.807, 2.05) is 48.5 Å². The van der Waals surface area contributed by atoms with Gasteiger partial charge in [-0.25, -0.2) is 0 Å². The topological polar surface area (TPSA) is 76.6 Å². The van der Waals surface area contributed by atoms with Crippen LogP contribution in [-0.4, -0.2) is 41.5 Å². The molecule has 2 heterocycles. The van der Waals surface area contributed by atoms with Crippen molar-refractivity contribution in [2.45, 2.75) is 19.1 Å². The van der Waals surface area contributed by atoms with E-state index in [1.165, 1.54) is 0 Å². The van der Waals surface area contributed by atoms with Crippen LogP contribution in [0.4, 0.5) is 5.69 Å². The summed E-state index contributed by atoms with van der Waals surface area (Å²) in [5.41, 5.74) is 2.94. The van der Waals surface area contributed by atoms with Crippen LogP contribution in [0.15, 0.2) is 48.5 Å². The number of hydrogen-bond acceptors (Lipinski definition) is 8. The minimum absolute atomic E-state index is 0.0211. The SMILES string of the molecule is COc1ccc(N[C@H]2Oc3cc4c(cc3[C@H](c3cc(OC)c(OC)c(OC)c3)[C@@H]2C)OCO4)cc1. The molecule has 2 aliphatic rings. The van der Waals surface area contributed by atoms with Gasteiger partial charge in [0, 0.05) is 29.2 Å². The monoisotopic (exact) mass is 479 g/mol. The van der Waals surface area contributed by atoms with E-state index in [0.717, 1.165) is 28.3 Å². The highest BCUT2D eigenvalue weighted by molar-refractivity contribution is 5.60. The average Bonchev–Trinajstić information content (AvgIpc) is 3.35. The maximum Gasteiger partial charge on any atom is 0.231 e. The van der Waals surface area contributed by atoms with Crippen molar-refractivity contribution in [1.82, 2.24) is 0 Å². The Bertz CT molecular complexity index is 1190. The van der Waals surface area contributed by atoms with Crippen molar-refractivity contribution >= 4 is 5.69 Å². The van der Waals surface area contributed by atoms with Gasteiger partial charge in [-0.15, -0.1) is 0 Å². The molecule has 0 amide bonds. The van der Waals surface area contributed by atoms with E-state index in [1.54, 1.807) is 28.4 Å². The Balaban J connectivity index is 1.59. The van der Waals surface area contributed by atoms with Crippen LogP contribution < -0.4 is 38.5 Å². The van der Waals surface area contributed by atoms with E-state index < -0.39 is 0 Å². The van der Waals surface area contributed by atoms with Crippen molar-refractivity contribution in [3.63, 3.8) is 0 Å². The fraction of sp³-hybridized carbons (Fsp3) is 0.333. The van der Waals surface area contributed by atoms with Crippen LogP contribution in [0.25, 0.3) is 0 Å². The standard InChI is InChI=1S/C27H29NO7/c1-15-25(16-10-23(30-3)26(32-5)24(11-16)31-4)19-12-21-22(34-14-33-21)13-20(19)35-27(15)28-17-6-8-18(29-2)9-7-17/h6-13,15,25,27-28H,14H2,1-5H3/t15-,25-,27-/m0/s1. The van der Waals surface area contributed by atoms with Gasteiger partial charge in [-0.2, -0.15) is 0 Å². The number of benzene rings is 3. The van der Waals surface area contributed by atoms with Crippen molar-refractivity contribution in [1.29, 1.82) is 0 Å². The molecule has 8 nitrogen and oxygen atoms in total. The van der Waals surface area contributed by atoms with Crippen LogP contribution in [0.2, 0.25) is 0 Å². The molecule has 0 saturated carbocycles. The lowest BCUT2D eigenvalue weighted by Gasteiger charge is -2.39. The number of methoxy groups -OCH3 is 4. The molecule has 5 rings (SSSR count). The molecule has 2 aliphatic heterocycles. The van der Waals surface area contributed by atoms with Crippen LogP contribution in [0.5, 0.6) is 40.2 Å². The quantitative estimate of drug-likeness (QED) is 0.505. The first-order chi connectivity index (χ1) is 17.1.